The van der Waals surface area contributed by atoms with Crippen molar-refractivity contribution in [1.29, 1.82) is 0 Å². The van der Waals surface area contributed by atoms with Crippen molar-refractivity contribution in [3.63, 3.8) is 0 Å². The number of hydrogen-bond acceptors (Lipinski definition) is 1. The average Bonchev–Trinajstić information content (AvgIpc) is 2.81. The number of nitrogens with two attached hydrogens (primary N) is 1. The first-order chi connectivity index (χ1) is 8.18. The van der Waals surface area contributed by atoms with Gasteiger partial charge in [0.1, 0.15) is 0 Å². The summed E-state index contributed by atoms with van der Waals surface area (Å²) in [6, 6.07) is 6.98. The van der Waals surface area contributed by atoms with Crippen LogP contribution in [-0.2, 0) is 6.42 Å². The molecule has 2 rings (SSSR count). The summed E-state index contributed by atoms with van der Waals surface area (Å²) >= 11 is 0. The Morgan fingerprint density at radius 3 is 2.35 bits per heavy atom. The van der Waals surface area contributed by atoms with Crippen LogP contribution in [0.5, 0.6) is 0 Å². The van der Waals surface area contributed by atoms with Crippen molar-refractivity contribution < 1.29 is 0 Å². The first-order valence-corrected chi connectivity index (χ1v) is 6.99. The van der Waals surface area contributed by atoms with Crippen LogP contribution in [0, 0.1) is 19.8 Å². The third kappa shape index (κ3) is 3.10. The molecule has 0 aliphatic heterocycles. The third-order valence-corrected chi connectivity index (χ3v) is 4.38. The monoisotopic (exact) mass is 231 g/mol. The van der Waals surface area contributed by atoms with Gasteiger partial charge < -0.3 is 5.73 Å². The molecule has 1 aliphatic rings. The molecule has 0 heterocycles. The standard InChI is InChI=1S/C16H25N/c1-12-6-5-7-13(2)15(12)10-11-16(17)14-8-3-4-9-14/h5-7,14,16H,3-4,8-11,17H2,1-2H3. The first kappa shape index (κ1) is 12.6. The van der Waals surface area contributed by atoms with Crippen molar-refractivity contribution in [2.24, 2.45) is 11.7 Å². The van der Waals surface area contributed by atoms with Crippen LogP contribution in [0.2, 0.25) is 0 Å². The van der Waals surface area contributed by atoms with E-state index in [2.05, 4.69) is 32.0 Å². The van der Waals surface area contributed by atoms with Crippen molar-refractivity contribution >= 4 is 0 Å². The predicted octanol–water partition coefficient (Wildman–Crippen LogP) is 3.75. The largest absolute Gasteiger partial charge is 0.327 e. The molecule has 0 saturated heterocycles. The van der Waals surface area contributed by atoms with Gasteiger partial charge in [-0.15, -0.1) is 0 Å². The SMILES string of the molecule is Cc1cccc(C)c1CCC(N)C1CCCC1. The fourth-order valence-electron chi connectivity index (χ4n) is 3.18. The average molecular weight is 231 g/mol. The van der Waals surface area contributed by atoms with Crippen molar-refractivity contribution in [2.75, 3.05) is 0 Å². The summed E-state index contributed by atoms with van der Waals surface area (Å²) in [4.78, 5) is 0. The Hall–Kier alpha value is -0.820. The van der Waals surface area contributed by atoms with Gasteiger partial charge in [0.25, 0.3) is 0 Å². The van der Waals surface area contributed by atoms with Gasteiger partial charge in [0, 0.05) is 6.04 Å². The fraction of sp³-hybridized carbons (Fsp3) is 0.625. The molecule has 0 aromatic heterocycles. The highest BCUT2D eigenvalue weighted by Crippen LogP contribution is 2.29. The van der Waals surface area contributed by atoms with E-state index in [0.717, 1.165) is 18.8 Å². The van der Waals surface area contributed by atoms with Gasteiger partial charge in [0.05, 0.1) is 0 Å². The van der Waals surface area contributed by atoms with Crippen LogP contribution >= 0.6 is 0 Å². The molecule has 1 aromatic carbocycles. The van der Waals surface area contributed by atoms with Crippen LogP contribution in [0.3, 0.4) is 0 Å². The van der Waals surface area contributed by atoms with Crippen molar-refractivity contribution in [2.45, 2.75) is 58.4 Å². The molecule has 2 N–H and O–H groups in total. The van der Waals surface area contributed by atoms with Crippen molar-refractivity contribution in [1.82, 2.24) is 0 Å². The third-order valence-electron chi connectivity index (χ3n) is 4.38. The Morgan fingerprint density at radius 2 is 1.76 bits per heavy atom. The molecule has 0 radical (unpaired) electrons. The van der Waals surface area contributed by atoms with Gasteiger partial charge in [-0.05, 0) is 62.1 Å². The zero-order chi connectivity index (χ0) is 12.3. The summed E-state index contributed by atoms with van der Waals surface area (Å²) in [5.41, 5.74) is 10.7. The molecule has 1 heteroatoms. The number of hydrogen-bond donors (Lipinski definition) is 1. The van der Waals surface area contributed by atoms with Crippen LogP contribution < -0.4 is 5.73 Å². The zero-order valence-corrected chi connectivity index (χ0v) is 11.2. The summed E-state index contributed by atoms with van der Waals surface area (Å²) in [6.45, 7) is 4.42. The summed E-state index contributed by atoms with van der Waals surface area (Å²) in [6.07, 6.45) is 7.79. The van der Waals surface area contributed by atoms with Crippen LogP contribution in [0.15, 0.2) is 18.2 Å². The van der Waals surface area contributed by atoms with Crippen LogP contribution in [0.4, 0.5) is 0 Å². The number of aryl methyl sites for hydroxylation is 2. The molecule has 0 amide bonds. The van der Waals surface area contributed by atoms with E-state index in [-0.39, 0.29) is 0 Å². The van der Waals surface area contributed by atoms with Gasteiger partial charge in [-0.3, -0.25) is 0 Å². The van der Waals surface area contributed by atoms with E-state index in [9.17, 15) is 0 Å². The molecule has 1 unspecified atom stereocenters. The van der Waals surface area contributed by atoms with Crippen LogP contribution in [0.1, 0.15) is 48.8 Å². The van der Waals surface area contributed by atoms with Crippen molar-refractivity contribution in [3.05, 3.63) is 34.9 Å². The van der Waals surface area contributed by atoms with E-state index in [1.54, 1.807) is 0 Å². The quantitative estimate of drug-likeness (QED) is 0.839. The van der Waals surface area contributed by atoms with E-state index < -0.39 is 0 Å². The lowest BCUT2D eigenvalue weighted by Gasteiger charge is -2.19. The van der Waals surface area contributed by atoms with Crippen LogP contribution in [-0.4, -0.2) is 6.04 Å². The highest BCUT2D eigenvalue weighted by atomic mass is 14.6. The highest BCUT2D eigenvalue weighted by molar-refractivity contribution is 5.33. The Kier molecular flexibility index (Phi) is 4.22. The molecule has 17 heavy (non-hydrogen) atoms. The maximum absolute atomic E-state index is 6.33. The molecular formula is C16H25N. The molecule has 1 aliphatic carbocycles. The van der Waals surface area contributed by atoms with Crippen molar-refractivity contribution in [3.8, 4) is 0 Å². The molecule has 1 atom stereocenters. The second-order valence-electron chi connectivity index (χ2n) is 5.62. The summed E-state index contributed by atoms with van der Waals surface area (Å²) in [5, 5.41) is 0. The maximum Gasteiger partial charge on any atom is 0.00703 e. The highest BCUT2D eigenvalue weighted by Gasteiger charge is 2.21. The summed E-state index contributed by atoms with van der Waals surface area (Å²) in [5.74, 6) is 0.791. The van der Waals surface area contributed by atoms with E-state index in [1.165, 1.54) is 42.4 Å². The summed E-state index contributed by atoms with van der Waals surface area (Å²) in [7, 11) is 0. The first-order valence-electron chi connectivity index (χ1n) is 6.99. The second kappa shape index (κ2) is 5.68. The normalized spacial score (nSPS) is 18.5. The maximum atomic E-state index is 6.33. The van der Waals surface area contributed by atoms with Gasteiger partial charge in [-0.2, -0.15) is 0 Å². The van der Waals surface area contributed by atoms with E-state index in [4.69, 9.17) is 5.73 Å². The molecule has 0 bridgehead atoms. The molecular weight excluding hydrogens is 206 g/mol. The number of rotatable bonds is 4. The smallest absolute Gasteiger partial charge is 0.00703 e. The van der Waals surface area contributed by atoms with Gasteiger partial charge in [0.15, 0.2) is 0 Å². The molecule has 0 spiro atoms. The predicted molar refractivity (Wildman–Crippen MR) is 74.2 cm³/mol. The molecule has 94 valence electrons. The lowest BCUT2D eigenvalue weighted by atomic mass is 9.91. The molecule has 1 nitrogen and oxygen atoms in total. The minimum Gasteiger partial charge on any atom is -0.327 e. The van der Waals surface area contributed by atoms with Gasteiger partial charge >= 0.3 is 0 Å². The Morgan fingerprint density at radius 1 is 1.18 bits per heavy atom. The van der Waals surface area contributed by atoms with E-state index in [0.29, 0.717) is 6.04 Å². The second-order valence-corrected chi connectivity index (χ2v) is 5.62. The topological polar surface area (TPSA) is 26.0 Å². The Labute approximate surface area is 105 Å². The Bertz CT molecular complexity index is 344. The lowest BCUT2D eigenvalue weighted by Crippen LogP contribution is -2.29. The minimum absolute atomic E-state index is 0.413. The van der Waals surface area contributed by atoms with Gasteiger partial charge in [-0.25, -0.2) is 0 Å². The number of benzene rings is 1. The Balaban J connectivity index is 1.92. The minimum atomic E-state index is 0.413. The lowest BCUT2D eigenvalue weighted by molar-refractivity contribution is 0.410. The fourth-order valence-corrected chi connectivity index (χ4v) is 3.18. The molecule has 1 saturated carbocycles. The van der Waals surface area contributed by atoms with Gasteiger partial charge in [-0.1, -0.05) is 31.0 Å². The van der Waals surface area contributed by atoms with Crippen LogP contribution in [0.25, 0.3) is 0 Å². The molecule has 1 fully saturated rings. The van der Waals surface area contributed by atoms with Gasteiger partial charge in [0.2, 0.25) is 0 Å². The zero-order valence-electron chi connectivity index (χ0n) is 11.2. The van der Waals surface area contributed by atoms with E-state index >= 15 is 0 Å². The summed E-state index contributed by atoms with van der Waals surface area (Å²) < 4.78 is 0. The molecule has 1 aromatic rings. The van der Waals surface area contributed by atoms with E-state index in [1.807, 2.05) is 0 Å².